The molecule has 1 N–H and O–H groups in total. The zero-order valence-electron chi connectivity index (χ0n) is 16.5. The van der Waals surface area contributed by atoms with Gasteiger partial charge in [0.25, 0.3) is 5.91 Å². The minimum Gasteiger partial charge on any atom is -0.435 e. The number of carbonyl (C=O) groups is 1. The molecule has 0 aliphatic carbocycles. The standard InChI is InChI=1S/C21H24F2N4O3/c22-20(23)30-17-3-1-2-15(12-17)19(28)25-16-5-9-27(13-16)21-24-8-4-18(26-21)14-6-10-29-11-7-14/h1-4,8,12,14,16,20H,5-7,9-11,13H2,(H,25,28). The number of hydrogen-bond donors (Lipinski definition) is 1. The molecule has 1 aromatic carbocycles. The zero-order chi connectivity index (χ0) is 20.9. The van der Waals surface area contributed by atoms with Crippen molar-refractivity contribution in [2.75, 3.05) is 31.2 Å². The number of nitrogens with one attached hydrogen (secondary N) is 1. The first kappa shape index (κ1) is 20.5. The Morgan fingerprint density at radius 2 is 2.07 bits per heavy atom. The van der Waals surface area contributed by atoms with Crippen LogP contribution in [0, 0.1) is 0 Å². The van der Waals surface area contributed by atoms with Crippen LogP contribution in [0.15, 0.2) is 36.5 Å². The van der Waals surface area contributed by atoms with Crippen LogP contribution in [0.4, 0.5) is 14.7 Å². The van der Waals surface area contributed by atoms with Crippen molar-refractivity contribution in [1.82, 2.24) is 15.3 Å². The Labute approximate surface area is 173 Å². The van der Waals surface area contributed by atoms with Gasteiger partial charge < -0.3 is 19.7 Å². The summed E-state index contributed by atoms with van der Waals surface area (Å²) in [7, 11) is 0. The average Bonchev–Trinajstić information content (AvgIpc) is 3.23. The number of anilines is 1. The summed E-state index contributed by atoms with van der Waals surface area (Å²) in [6.45, 7) is -0.0903. The van der Waals surface area contributed by atoms with E-state index in [1.54, 1.807) is 12.3 Å². The molecule has 4 rings (SSSR count). The fourth-order valence-corrected chi connectivity index (χ4v) is 3.88. The molecular formula is C21H24F2N4O3. The summed E-state index contributed by atoms with van der Waals surface area (Å²) in [4.78, 5) is 23.7. The van der Waals surface area contributed by atoms with Gasteiger partial charge in [-0.2, -0.15) is 8.78 Å². The Hall–Kier alpha value is -2.81. The Balaban J connectivity index is 1.36. The lowest BCUT2D eigenvalue weighted by atomic mass is 9.96. The van der Waals surface area contributed by atoms with E-state index in [2.05, 4.69) is 19.9 Å². The third-order valence-corrected chi connectivity index (χ3v) is 5.43. The highest BCUT2D eigenvalue weighted by molar-refractivity contribution is 5.94. The number of aromatic nitrogens is 2. The summed E-state index contributed by atoms with van der Waals surface area (Å²) >= 11 is 0. The van der Waals surface area contributed by atoms with Crippen molar-refractivity contribution in [3.8, 4) is 5.75 Å². The van der Waals surface area contributed by atoms with Gasteiger partial charge in [0.2, 0.25) is 5.95 Å². The normalized spacial score (nSPS) is 19.8. The lowest BCUT2D eigenvalue weighted by Gasteiger charge is -2.23. The number of rotatable bonds is 6. The van der Waals surface area contributed by atoms with Crippen LogP contribution in [0.2, 0.25) is 0 Å². The van der Waals surface area contributed by atoms with Gasteiger partial charge in [-0.15, -0.1) is 0 Å². The number of alkyl halides is 2. The molecule has 2 saturated heterocycles. The summed E-state index contributed by atoms with van der Waals surface area (Å²) in [6.07, 6.45) is 4.46. The van der Waals surface area contributed by atoms with Gasteiger partial charge in [0, 0.05) is 55.7 Å². The van der Waals surface area contributed by atoms with E-state index in [4.69, 9.17) is 9.72 Å². The molecule has 9 heteroatoms. The van der Waals surface area contributed by atoms with Crippen molar-refractivity contribution in [3.63, 3.8) is 0 Å². The molecule has 1 amide bonds. The molecule has 0 bridgehead atoms. The molecule has 1 atom stereocenters. The van der Waals surface area contributed by atoms with Crippen LogP contribution < -0.4 is 15.0 Å². The molecule has 160 valence electrons. The summed E-state index contributed by atoms with van der Waals surface area (Å²) in [5, 5.41) is 2.96. The first-order valence-corrected chi connectivity index (χ1v) is 10.1. The van der Waals surface area contributed by atoms with E-state index in [0.717, 1.165) is 44.7 Å². The lowest BCUT2D eigenvalue weighted by molar-refractivity contribution is -0.0498. The molecule has 2 aliphatic rings. The van der Waals surface area contributed by atoms with Crippen molar-refractivity contribution < 1.29 is 23.0 Å². The predicted molar refractivity (Wildman–Crippen MR) is 106 cm³/mol. The second-order valence-electron chi connectivity index (χ2n) is 7.48. The minimum absolute atomic E-state index is 0.0379. The monoisotopic (exact) mass is 418 g/mol. The average molecular weight is 418 g/mol. The van der Waals surface area contributed by atoms with Crippen LogP contribution >= 0.6 is 0 Å². The highest BCUT2D eigenvalue weighted by Crippen LogP contribution is 2.27. The SMILES string of the molecule is O=C(NC1CCN(c2nccc(C3CCOCC3)n2)C1)c1cccc(OC(F)F)c1. The van der Waals surface area contributed by atoms with Crippen molar-refractivity contribution in [2.24, 2.45) is 0 Å². The number of amides is 1. The van der Waals surface area contributed by atoms with Crippen molar-refractivity contribution in [3.05, 3.63) is 47.8 Å². The maximum atomic E-state index is 12.5. The summed E-state index contributed by atoms with van der Waals surface area (Å²) < 4.78 is 34.6. The number of nitrogens with zero attached hydrogens (tertiary/aromatic N) is 3. The fraction of sp³-hybridized carbons (Fsp3) is 0.476. The van der Waals surface area contributed by atoms with Crippen molar-refractivity contribution >= 4 is 11.9 Å². The molecule has 2 aromatic rings. The van der Waals surface area contributed by atoms with Crippen LogP contribution in [-0.2, 0) is 4.74 Å². The summed E-state index contributed by atoms with van der Waals surface area (Å²) in [6, 6.07) is 7.68. The van der Waals surface area contributed by atoms with E-state index in [1.807, 2.05) is 6.07 Å². The molecule has 0 spiro atoms. The number of halogens is 2. The van der Waals surface area contributed by atoms with Crippen molar-refractivity contribution in [1.29, 1.82) is 0 Å². The second-order valence-corrected chi connectivity index (χ2v) is 7.48. The minimum atomic E-state index is -2.93. The van der Waals surface area contributed by atoms with Crippen molar-refractivity contribution in [2.45, 2.75) is 37.8 Å². The smallest absolute Gasteiger partial charge is 0.387 e. The Morgan fingerprint density at radius 1 is 1.23 bits per heavy atom. The number of benzene rings is 1. The molecule has 1 aromatic heterocycles. The van der Waals surface area contributed by atoms with E-state index in [0.29, 0.717) is 18.4 Å². The topological polar surface area (TPSA) is 76.6 Å². The van der Waals surface area contributed by atoms with Crippen LogP contribution in [0.3, 0.4) is 0 Å². The van der Waals surface area contributed by atoms with Gasteiger partial charge in [-0.1, -0.05) is 6.07 Å². The van der Waals surface area contributed by atoms with Crippen LogP contribution in [0.1, 0.15) is 41.2 Å². The lowest BCUT2D eigenvalue weighted by Crippen LogP contribution is -2.37. The van der Waals surface area contributed by atoms with Gasteiger partial charge in [-0.3, -0.25) is 4.79 Å². The van der Waals surface area contributed by atoms with Gasteiger partial charge in [0.05, 0.1) is 0 Å². The predicted octanol–water partition coefficient (Wildman–Crippen LogP) is 2.98. The third kappa shape index (κ3) is 5.02. The number of carbonyl (C=O) groups excluding carboxylic acids is 1. The molecule has 0 radical (unpaired) electrons. The number of ether oxygens (including phenoxy) is 2. The molecule has 30 heavy (non-hydrogen) atoms. The first-order valence-electron chi connectivity index (χ1n) is 10.1. The maximum absolute atomic E-state index is 12.5. The van der Waals surface area contributed by atoms with Crippen LogP contribution in [0.5, 0.6) is 5.75 Å². The maximum Gasteiger partial charge on any atom is 0.387 e. The molecule has 2 fully saturated rings. The Bertz CT molecular complexity index is 877. The van der Waals surface area contributed by atoms with E-state index < -0.39 is 6.61 Å². The highest BCUT2D eigenvalue weighted by Gasteiger charge is 2.27. The van der Waals surface area contributed by atoms with Gasteiger partial charge in [-0.25, -0.2) is 9.97 Å². The molecule has 0 saturated carbocycles. The van der Waals surface area contributed by atoms with E-state index in [1.165, 1.54) is 18.2 Å². The third-order valence-electron chi connectivity index (χ3n) is 5.43. The Morgan fingerprint density at radius 3 is 2.87 bits per heavy atom. The summed E-state index contributed by atoms with van der Waals surface area (Å²) in [5.74, 6) is 0.701. The number of hydrogen-bond acceptors (Lipinski definition) is 6. The zero-order valence-corrected chi connectivity index (χ0v) is 16.5. The largest absolute Gasteiger partial charge is 0.435 e. The molecular weight excluding hydrogens is 394 g/mol. The highest BCUT2D eigenvalue weighted by atomic mass is 19.3. The van der Waals surface area contributed by atoms with E-state index in [-0.39, 0.29) is 23.3 Å². The van der Waals surface area contributed by atoms with Gasteiger partial charge in [0.15, 0.2) is 0 Å². The Kier molecular flexibility index (Phi) is 6.37. The van der Waals surface area contributed by atoms with E-state index in [9.17, 15) is 13.6 Å². The molecule has 3 heterocycles. The molecule has 2 aliphatic heterocycles. The quantitative estimate of drug-likeness (QED) is 0.777. The second kappa shape index (κ2) is 9.34. The van der Waals surface area contributed by atoms with Gasteiger partial charge in [0.1, 0.15) is 5.75 Å². The summed E-state index contributed by atoms with van der Waals surface area (Å²) in [5.41, 5.74) is 1.32. The fourth-order valence-electron chi connectivity index (χ4n) is 3.88. The molecule has 1 unspecified atom stereocenters. The van der Waals surface area contributed by atoms with Crippen LogP contribution in [-0.4, -0.2) is 54.8 Å². The van der Waals surface area contributed by atoms with Crippen LogP contribution in [0.25, 0.3) is 0 Å². The van der Waals surface area contributed by atoms with Gasteiger partial charge in [-0.05, 0) is 43.5 Å². The van der Waals surface area contributed by atoms with Gasteiger partial charge >= 0.3 is 6.61 Å². The molecule has 7 nitrogen and oxygen atoms in total. The van der Waals surface area contributed by atoms with E-state index >= 15 is 0 Å². The first-order chi connectivity index (χ1) is 14.6.